The van der Waals surface area contributed by atoms with E-state index in [9.17, 15) is 4.79 Å². The number of aromatic nitrogens is 1. The second kappa shape index (κ2) is 6.70. The molecule has 2 nitrogen and oxygen atoms in total. The minimum Gasteiger partial charge on any atom is -0.293 e. The van der Waals surface area contributed by atoms with Crippen LogP contribution in [0.3, 0.4) is 0 Å². The van der Waals surface area contributed by atoms with Crippen LogP contribution in [0.5, 0.6) is 0 Å². The van der Waals surface area contributed by atoms with Gasteiger partial charge in [0.25, 0.3) is 0 Å². The number of carbonyl (C=O) groups excluding carboxylic acids is 1. The fraction of sp³-hybridized carbons (Fsp3) is 0.0435. The molecule has 120 valence electrons. The molecule has 1 aromatic heterocycles. The molecule has 0 saturated carbocycles. The van der Waals surface area contributed by atoms with Crippen molar-refractivity contribution >= 4 is 16.6 Å². The molecule has 2 heteroatoms. The van der Waals surface area contributed by atoms with Gasteiger partial charge in [-0.15, -0.1) is 0 Å². The lowest BCUT2D eigenvalue weighted by molar-refractivity contribution is 0.0973. The van der Waals surface area contributed by atoms with Crippen LogP contribution in [0.1, 0.15) is 27.5 Å². The molecule has 0 amide bonds. The highest BCUT2D eigenvalue weighted by Gasteiger charge is 2.26. The average molecular weight is 323 g/mol. The maximum absolute atomic E-state index is 13.3. The lowest BCUT2D eigenvalue weighted by Crippen LogP contribution is -2.16. The molecule has 0 aliphatic carbocycles. The Morgan fingerprint density at radius 2 is 1.36 bits per heavy atom. The van der Waals surface area contributed by atoms with E-state index in [4.69, 9.17) is 0 Å². The Kier molecular flexibility index (Phi) is 4.09. The molecule has 0 spiro atoms. The smallest absolute Gasteiger partial charge is 0.176 e. The van der Waals surface area contributed by atoms with E-state index in [1.165, 1.54) is 0 Å². The second-order valence-corrected chi connectivity index (χ2v) is 5.99. The lowest BCUT2D eigenvalue weighted by Gasteiger charge is -2.18. The van der Waals surface area contributed by atoms with Gasteiger partial charge in [0.15, 0.2) is 5.78 Å². The summed E-state index contributed by atoms with van der Waals surface area (Å²) in [4.78, 5) is 18.0. The SMILES string of the molecule is O=C(c1ccccc1)C(c1ccccc1)c1nccc2ccccc12. The molecule has 1 unspecified atom stereocenters. The van der Waals surface area contributed by atoms with Crippen molar-refractivity contribution in [3.8, 4) is 0 Å². The largest absolute Gasteiger partial charge is 0.293 e. The molecular formula is C23H17NO. The molecule has 3 aromatic carbocycles. The number of rotatable bonds is 4. The van der Waals surface area contributed by atoms with Gasteiger partial charge in [-0.25, -0.2) is 0 Å². The second-order valence-electron chi connectivity index (χ2n) is 5.99. The van der Waals surface area contributed by atoms with Crippen molar-refractivity contribution < 1.29 is 4.79 Å². The summed E-state index contributed by atoms with van der Waals surface area (Å²) in [7, 11) is 0. The molecule has 0 fully saturated rings. The molecule has 4 rings (SSSR count). The number of benzene rings is 3. The summed E-state index contributed by atoms with van der Waals surface area (Å²) in [6, 6.07) is 29.4. The molecule has 0 saturated heterocycles. The quantitative estimate of drug-likeness (QED) is 0.480. The Labute approximate surface area is 146 Å². The van der Waals surface area contributed by atoms with Crippen LogP contribution < -0.4 is 0 Å². The van der Waals surface area contributed by atoms with E-state index in [1.807, 2.05) is 84.9 Å². The topological polar surface area (TPSA) is 30.0 Å². The van der Waals surface area contributed by atoms with Crippen molar-refractivity contribution in [3.05, 3.63) is 114 Å². The van der Waals surface area contributed by atoms with E-state index >= 15 is 0 Å². The van der Waals surface area contributed by atoms with E-state index in [2.05, 4.69) is 11.1 Å². The normalized spacial score (nSPS) is 12.0. The van der Waals surface area contributed by atoms with Crippen LogP contribution in [0.25, 0.3) is 10.8 Å². The molecule has 0 aliphatic heterocycles. The van der Waals surface area contributed by atoms with Crippen molar-refractivity contribution in [1.82, 2.24) is 4.98 Å². The summed E-state index contributed by atoms with van der Waals surface area (Å²) in [5, 5.41) is 2.11. The highest BCUT2D eigenvalue weighted by atomic mass is 16.1. The van der Waals surface area contributed by atoms with Crippen LogP contribution in [-0.2, 0) is 0 Å². The molecule has 25 heavy (non-hydrogen) atoms. The van der Waals surface area contributed by atoms with E-state index in [-0.39, 0.29) is 5.78 Å². The molecule has 1 atom stereocenters. The van der Waals surface area contributed by atoms with Gasteiger partial charge in [0, 0.05) is 17.1 Å². The number of pyridine rings is 1. The summed E-state index contributed by atoms with van der Waals surface area (Å²) in [5.41, 5.74) is 2.46. The van der Waals surface area contributed by atoms with Crippen LogP contribution in [0.15, 0.2) is 97.2 Å². The number of nitrogens with zero attached hydrogens (tertiary/aromatic N) is 1. The van der Waals surface area contributed by atoms with E-state index < -0.39 is 5.92 Å². The summed E-state index contributed by atoms with van der Waals surface area (Å²) >= 11 is 0. The predicted octanol–water partition coefficient (Wildman–Crippen LogP) is 5.25. The van der Waals surface area contributed by atoms with Crippen molar-refractivity contribution in [1.29, 1.82) is 0 Å². The minimum atomic E-state index is -0.422. The standard InChI is InChI=1S/C23H17NO/c25-23(19-12-5-2-6-13-19)21(18-10-3-1-4-11-18)22-20-14-8-7-9-17(20)15-16-24-22/h1-16,21H. The maximum Gasteiger partial charge on any atom is 0.176 e. The van der Waals surface area contributed by atoms with Gasteiger partial charge in [-0.05, 0) is 17.0 Å². The first-order chi connectivity index (χ1) is 12.3. The highest BCUT2D eigenvalue weighted by molar-refractivity contribution is 6.05. The molecule has 1 heterocycles. The van der Waals surface area contributed by atoms with Crippen molar-refractivity contribution in [2.24, 2.45) is 0 Å². The molecular weight excluding hydrogens is 306 g/mol. The van der Waals surface area contributed by atoms with Crippen LogP contribution >= 0.6 is 0 Å². The van der Waals surface area contributed by atoms with E-state index in [0.29, 0.717) is 5.56 Å². The zero-order chi connectivity index (χ0) is 17.1. The van der Waals surface area contributed by atoms with Gasteiger partial charge < -0.3 is 0 Å². The van der Waals surface area contributed by atoms with Crippen LogP contribution in [-0.4, -0.2) is 10.8 Å². The first-order valence-electron chi connectivity index (χ1n) is 8.32. The summed E-state index contributed by atoms with van der Waals surface area (Å²) in [6.45, 7) is 0. The average Bonchev–Trinajstić information content (AvgIpc) is 2.70. The monoisotopic (exact) mass is 323 g/mol. The first kappa shape index (κ1) is 15.3. The Balaban J connectivity index is 1.93. The zero-order valence-electron chi connectivity index (χ0n) is 13.7. The Hall–Kier alpha value is -3.26. The maximum atomic E-state index is 13.3. The third-order valence-electron chi connectivity index (χ3n) is 4.43. The molecule has 0 aliphatic rings. The van der Waals surface area contributed by atoms with Crippen molar-refractivity contribution in [3.63, 3.8) is 0 Å². The van der Waals surface area contributed by atoms with Gasteiger partial charge in [-0.1, -0.05) is 84.9 Å². The minimum absolute atomic E-state index is 0.0654. The number of carbonyl (C=O) groups is 1. The third kappa shape index (κ3) is 2.94. The molecule has 0 radical (unpaired) electrons. The van der Waals surface area contributed by atoms with Gasteiger partial charge >= 0.3 is 0 Å². The number of hydrogen-bond acceptors (Lipinski definition) is 2. The predicted molar refractivity (Wildman–Crippen MR) is 101 cm³/mol. The fourth-order valence-electron chi connectivity index (χ4n) is 3.22. The number of ketones is 1. The van der Waals surface area contributed by atoms with Crippen molar-refractivity contribution in [2.75, 3.05) is 0 Å². The molecule has 0 N–H and O–H groups in total. The van der Waals surface area contributed by atoms with Crippen LogP contribution in [0, 0.1) is 0 Å². The van der Waals surface area contributed by atoms with Gasteiger partial charge in [-0.2, -0.15) is 0 Å². The number of fused-ring (bicyclic) bond motifs is 1. The highest BCUT2D eigenvalue weighted by Crippen LogP contribution is 2.31. The van der Waals surface area contributed by atoms with E-state index in [0.717, 1.165) is 22.0 Å². The number of hydrogen-bond donors (Lipinski definition) is 0. The molecule has 4 aromatic rings. The van der Waals surface area contributed by atoms with Crippen LogP contribution in [0.4, 0.5) is 0 Å². The van der Waals surface area contributed by atoms with E-state index in [1.54, 1.807) is 6.20 Å². The van der Waals surface area contributed by atoms with Crippen LogP contribution in [0.2, 0.25) is 0 Å². The van der Waals surface area contributed by atoms with Gasteiger partial charge in [-0.3, -0.25) is 9.78 Å². The van der Waals surface area contributed by atoms with Gasteiger partial charge in [0.1, 0.15) is 0 Å². The molecule has 0 bridgehead atoms. The summed E-state index contributed by atoms with van der Waals surface area (Å²) in [5.74, 6) is -0.356. The van der Waals surface area contributed by atoms with Gasteiger partial charge in [0.2, 0.25) is 0 Å². The van der Waals surface area contributed by atoms with Crippen molar-refractivity contribution in [2.45, 2.75) is 5.92 Å². The number of Topliss-reactive ketones (excluding diaryl/α,β-unsaturated/α-hetero) is 1. The Morgan fingerprint density at radius 1 is 0.720 bits per heavy atom. The third-order valence-corrected chi connectivity index (χ3v) is 4.43. The first-order valence-corrected chi connectivity index (χ1v) is 8.32. The Bertz CT molecular complexity index is 1000. The van der Waals surface area contributed by atoms with Gasteiger partial charge in [0.05, 0.1) is 11.6 Å². The lowest BCUT2D eigenvalue weighted by atomic mass is 9.86. The zero-order valence-corrected chi connectivity index (χ0v) is 13.7. The Morgan fingerprint density at radius 3 is 2.12 bits per heavy atom. The fourth-order valence-corrected chi connectivity index (χ4v) is 3.22. The summed E-state index contributed by atoms with van der Waals surface area (Å²) in [6.07, 6.45) is 1.78. The summed E-state index contributed by atoms with van der Waals surface area (Å²) < 4.78 is 0.